The molecule has 3 saturated heterocycles. The number of ether oxygens (including phenoxy) is 1. The number of piperidine rings is 1. The Morgan fingerprint density at radius 1 is 1.24 bits per heavy atom. The molecule has 1 unspecified atom stereocenters. The van der Waals surface area contributed by atoms with Crippen LogP contribution in [0.15, 0.2) is 9.70 Å². The van der Waals surface area contributed by atoms with E-state index in [0.717, 1.165) is 63.2 Å². The number of aromatic nitrogens is 1. The molecule has 0 aromatic carbocycles. The summed E-state index contributed by atoms with van der Waals surface area (Å²) in [7, 11) is 0. The van der Waals surface area contributed by atoms with Crippen LogP contribution in [0.3, 0.4) is 0 Å². The van der Waals surface area contributed by atoms with Gasteiger partial charge in [-0.1, -0.05) is 30.9 Å². The van der Waals surface area contributed by atoms with Crippen LogP contribution in [0.5, 0.6) is 0 Å². The molecule has 0 spiro atoms. The third-order valence-corrected chi connectivity index (χ3v) is 7.89. The van der Waals surface area contributed by atoms with Gasteiger partial charge in [-0.15, -0.1) is 0 Å². The molecular weight excluding hydrogens is 456 g/mol. The first kappa shape index (κ1) is 24.0. The van der Waals surface area contributed by atoms with Gasteiger partial charge in [0, 0.05) is 31.8 Å². The van der Waals surface area contributed by atoms with Crippen molar-refractivity contribution in [3.05, 3.63) is 31.9 Å². The van der Waals surface area contributed by atoms with E-state index in [4.69, 9.17) is 17.0 Å². The minimum Gasteiger partial charge on any atom is -0.376 e. The molecule has 0 bridgehead atoms. The molecule has 176 valence electrons. The van der Waals surface area contributed by atoms with Crippen LogP contribution < -0.4 is 10.5 Å². The summed E-state index contributed by atoms with van der Waals surface area (Å²) >= 11 is 6.81. The third-order valence-electron chi connectivity index (χ3n) is 6.51. The molecule has 4 rings (SSSR count). The summed E-state index contributed by atoms with van der Waals surface area (Å²) < 4.78 is 7.97. The number of nitriles is 1. The quantitative estimate of drug-likeness (QED) is 0.447. The Kier molecular flexibility index (Phi) is 7.57. The molecule has 4 heterocycles. The molecule has 9 heteroatoms. The van der Waals surface area contributed by atoms with Crippen molar-refractivity contribution in [1.82, 2.24) is 9.47 Å². The van der Waals surface area contributed by atoms with Crippen molar-refractivity contribution in [3.63, 3.8) is 0 Å². The Hall–Kier alpha value is -2.15. The predicted molar refractivity (Wildman–Crippen MR) is 135 cm³/mol. The lowest BCUT2D eigenvalue weighted by atomic mass is 10.0. The van der Waals surface area contributed by atoms with Crippen molar-refractivity contribution in [2.45, 2.75) is 65.0 Å². The van der Waals surface area contributed by atoms with E-state index in [0.29, 0.717) is 27.9 Å². The normalized spacial score (nSPS) is 22.5. The van der Waals surface area contributed by atoms with Gasteiger partial charge in [-0.2, -0.15) is 5.26 Å². The molecule has 0 N–H and O–H groups in total. The van der Waals surface area contributed by atoms with Crippen molar-refractivity contribution in [2.75, 3.05) is 31.1 Å². The van der Waals surface area contributed by atoms with Crippen LogP contribution >= 0.6 is 24.0 Å². The highest BCUT2D eigenvalue weighted by Crippen LogP contribution is 2.37. The third kappa shape index (κ3) is 4.75. The molecule has 3 aliphatic rings. The van der Waals surface area contributed by atoms with Gasteiger partial charge in [0.05, 0.1) is 17.6 Å². The number of rotatable bonds is 6. The Morgan fingerprint density at radius 2 is 2.00 bits per heavy atom. The molecule has 0 saturated carbocycles. The van der Waals surface area contributed by atoms with Gasteiger partial charge in [0.15, 0.2) is 0 Å². The topological polar surface area (TPSA) is 78.6 Å². The number of hydrogen-bond acceptors (Lipinski definition) is 7. The van der Waals surface area contributed by atoms with Gasteiger partial charge in [0.2, 0.25) is 0 Å². The van der Waals surface area contributed by atoms with E-state index in [1.807, 2.05) is 19.9 Å². The van der Waals surface area contributed by atoms with E-state index in [-0.39, 0.29) is 23.1 Å². The fraction of sp³-hybridized carbons (Fsp3) is 0.583. The van der Waals surface area contributed by atoms with Crippen molar-refractivity contribution in [2.24, 2.45) is 0 Å². The first-order valence-corrected chi connectivity index (χ1v) is 13.0. The molecule has 1 aromatic rings. The first-order chi connectivity index (χ1) is 16.0. The zero-order chi connectivity index (χ0) is 23.5. The zero-order valence-electron chi connectivity index (χ0n) is 19.3. The molecular formula is C24H30N4O3S2. The lowest BCUT2D eigenvalue weighted by Gasteiger charge is -2.33. The number of amides is 1. The van der Waals surface area contributed by atoms with Crippen molar-refractivity contribution >= 4 is 46.1 Å². The largest absolute Gasteiger partial charge is 0.376 e. The Morgan fingerprint density at radius 3 is 2.64 bits per heavy atom. The lowest BCUT2D eigenvalue weighted by Crippen LogP contribution is -2.37. The second-order valence-corrected chi connectivity index (χ2v) is 10.5. The maximum Gasteiger partial charge on any atom is 0.270 e. The first-order valence-electron chi connectivity index (χ1n) is 11.8. The average Bonchev–Trinajstić information content (AvgIpc) is 3.42. The van der Waals surface area contributed by atoms with Gasteiger partial charge in [0.1, 0.15) is 21.8 Å². The number of hydrogen-bond donors (Lipinski definition) is 0. The summed E-state index contributed by atoms with van der Waals surface area (Å²) in [6.07, 6.45) is 7.86. The minimum absolute atomic E-state index is 0.0224. The Bertz CT molecular complexity index is 1080. The predicted octanol–water partition coefficient (Wildman–Crippen LogP) is 3.81. The lowest BCUT2D eigenvalue weighted by molar-refractivity contribution is -0.123. The van der Waals surface area contributed by atoms with Crippen molar-refractivity contribution < 1.29 is 9.53 Å². The standard InChI is InChI=1S/C24H30N4O3S2/c1-3-9-27-21(26-10-5-4-6-11-26)18(16(2)19(14-25)22(27)29)13-20-23(30)28(24(32)33-20)15-17-8-7-12-31-17/h13,17H,3-12,15H2,1-2H3. The minimum atomic E-state index is -0.250. The molecule has 33 heavy (non-hydrogen) atoms. The highest BCUT2D eigenvalue weighted by molar-refractivity contribution is 8.26. The summed E-state index contributed by atoms with van der Waals surface area (Å²) in [6.45, 7) is 7.27. The van der Waals surface area contributed by atoms with Gasteiger partial charge in [-0.05, 0) is 57.1 Å². The second-order valence-electron chi connectivity index (χ2n) is 8.78. The molecule has 3 fully saturated rings. The molecule has 7 nitrogen and oxygen atoms in total. The van der Waals surface area contributed by atoms with Crippen molar-refractivity contribution in [1.29, 1.82) is 5.26 Å². The Balaban J connectivity index is 1.80. The van der Waals surface area contributed by atoms with Crippen molar-refractivity contribution in [3.8, 4) is 6.07 Å². The number of carbonyl (C=O) groups excluding carboxylic acids is 1. The number of thioether (sulfide) groups is 1. The van der Waals surface area contributed by atoms with E-state index in [1.54, 1.807) is 9.47 Å². The monoisotopic (exact) mass is 486 g/mol. The van der Waals surface area contributed by atoms with E-state index in [2.05, 4.69) is 11.0 Å². The maximum atomic E-state index is 13.3. The fourth-order valence-electron chi connectivity index (χ4n) is 4.80. The molecule has 1 amide bonds. The summed E-state index contributed by atoms with van der Waals surface area (Å²) in [5.41, 5.74) is 1.30. The van der Waals surface area contributed by atoms with Crippen LogP contribution in [-0.2, 0) is 16.1 Å². The summed E-state index contributed by atoms with van der Waals surface area (Å²) in [4.78, 5) is 30.9. The molecule has 3 aliphatic heterocycles. The second kappa shape index (κ2) is 10.4. The van der Waals surface area contributed by atoms with Crippen LogP contribution in [-0.4, -0.2) is 52.0 Å². The summed E-state index contributed by atoms with van der Waals surface area (Å²) in [5.74, 6) is 0.693. The summed E-state index contributed by atoms with van der Waals surface area (Å²) in [5, 5.41) is 9.76. The SMILES string of the molecule is CCCn1c(N2CCCCC2)c(C=C2SC(=S)N(CC3CCCO3)C2=O)c(C)c(C#N)c1=O. The highest BCUT2D eigenvalue weighted by Gasteiger charge is 2.35. The summed E-state index contributed by atoms with van der Waals surface area (Å²) in [6, 6.07) is 2.11. The van der Waals surface area contributed by atoms with E-state index >= 15 is 0 Å². The molecule has 0 radical (unpaired) electrons. The average molecular weight is 487 g/mol. The molecule has 1 aromatic heterocycles. The van der Waals surface area contributed by atoms with E-state index < -0.39 is 0 Å². The van der Waals surface area contributed by atoms with Gasteiger partial charge < -0.3 is 9.64 Å². The number of thiocarbonyl (C=S) groups is 1. The molecule has 0 aliphatic carbocycles. The van der Waals surface area contributed by atoms with Crippen LogP contribution in [0.2, 0.25) is 0 Å². The van der Waals surface area contributed by atoms with Gasteiger partial charge in [-0.25, -0.2) is 0 Å². The smallest absolute Gasteiger partial charge is 0.270 e. The maximum absolute atomic E-state index is 13.3. The Labute approximate surface area is 204 Å². The van der Waals surface area contributed by atoms with E-state index in [9.17, 15) is 14.9 Å². The van der Waals surface area contributed by atoms with Gasteiger partial charge in [-0.3, -0.25) is 19.1 Å². The number of anilines is 1. The highest BCUT2D eigenvalue weighted by atomic mass is 32.2. The van der Waals surface area contributed by atoms with Crippen LogP contribution in [0.25, 0.3) is 6.08 Å². The molecule has 1 atom stereocenters. The number of pyridine rings is 1. The zero-order valence-corrected chi connectivity index (χ0v) is 20.9. The van der Waals surface area contributed by atoms with Crippen LogP contribution in [0, 0.1) is 18.3 Å². The number of nitrogens with zero attached hydrogens (tertiary/aromatic N) is 4. The van der Waals surface area contributed by atoms with Gasteiger partial charge in [0.25, 0.3) is 11.5 Å². The van der Waals surface area contributed by atoms with Crippen LogP contribution in [0.4, 0.5) is 5.82 Å². The number of carbonyl (C=O) groups is 1. The van der Waals surface area contributed by atoms with Gasteiger partial charge >= 0.3 is 0 Å². The van der Waals surface area contributed by atoms with E-state index in [1.165, 1.54) is 18.2 Å². The van der Waals surface area contributed by atoms with Crippen LogP contribution in [0.1, 0.15) is 62.1 Å². The fourth-order valence-corrected chi connectivity index (χ4v) is 6.06.